The van der Waals surface area contributed by atoms with E-state index in [1.807, 2.05) is 64.8 Å². The van der Waals surface area contributed by atoms with Crippen molar-refractivity contribution in [1.82, 2.24) is 4.90 Å². The van der Waals surface area contributed by atoms with E-state index in [0.29, 0.717) is 6.04 Å². The summed E-state index contributed by atoms with van der Waals surface area (Å²) in [4.78, 5) is 14.6. The Morgan fingerprint density at radius 1 is 1.17 bits per heavy atom. The van der Waals surface area contributed by atoms with Crippen molar-refractivity contribution in [2.24, 2.45) is 0 Å². The quantitative estimate of drug-likeness (QED) is 0.805. The van der Waals surface area contributed by atoms with Crippen LogP contribution in [0.15, 0.2) is 18.2 Å². The topological polar surface area (TPSA) is 38.8 Å². The van der Waals surface area contributed by atoms with Gasteiger partial charge in [0.15, 0.2) is 0 Å². The standard InChI is InChI=1S/C18H26BNO3/c1-12-7-8-13(19-22-17(2,3)18(4,5)23-19)11-15(12)16(21)20(6)14-9-10-14/h7-8,11,14H,9-10H2,1-6H3. The van der Waals surface area contributed by atoms with Crippen molar-refractivity contribution in [2.75, 3.05) is 7.05 Å². The van der Waals surface area contributed by atoms with Gasteiger partial charge in [0, 0.05) is 18.7 Å². The first kappa shape index (κ1) is 16.5. The summed E-state index contributed by atoms with van der Waals surface area (Å²) >= 11 is 0. The Morgan fingerprint density at radius 2 is 1.74 bits per heavy atom. The first-order chi connectivity index (χ1) is 10.6. The third-order valence-electron chi connectivity index (χ3n) is 5.43. The Morgan fingerprint density at radius 3 is 2.26 bits per heavy atom. The van der Waals surface area contributed by atoms with Gasteiger partial charge in [-0.3, -0.25) is 4.79 Å². The molecule has 1 heterocycles. The third-order valence-corrected chi connectivity index (χ3v) is 5.43. The smallest absolute Gasteiger partial charge is 0.399 e. The van der Waals surface area contributed by atoms with Gasteiger partial charge >= 0.3 is 7.12 Å². The number of nitrogens with zero attached hydrogens (tertiary/aromatic N) is 1. The molecule has 1 saturated carbocycles. The Labute approximate surface area is 139 Å². The van der Waals surface area contributed by atoms with Crippen molar-refractivity contribution < 1.29 is 14.1 Å². The molecule has 23 heavy (non-hydrogen) atoms. The lowest BCUT2D eigenvalue weighted by Crippen LogP contribution is -2.41. The summed E-state index contributed by atoms with van der Waals surface area (Å²) in [5.74, 6) is 0.0865. The normalized spacial score (nSPS) is 22.3. The number of benzene rings is 1. The molecule has 2 aliphatic rings. The average Bonchev–Trinajstić information content (AvgIpc) is 3.26. The number of amides is 1. The van der Waals surface area contributed by atoms with Gasteiger partial charge in [-0.1, -0.05) is 12.1 Å². The van der Waals surface area contributed by atoms with Crippen LogP contribution in [-0.4, -0.2) is 42.2 Å². The van der Waals surface area contributed by atoms with Crippen molar-refractivity contribution in [1.29, 1.82) is 0 Å². The van der Waals surface area contributed by atoms with E-state index in [1.54, 1.807) is 0 Å². The van der Waals surface area contributed by atoms with Gasteiger partial charge < -0.3 is 14.2 Å². The van der Waals surface area contributed by atoms with E-state index in [9.17, 15) is 4.79 Å². The van der Waals surface area contributed by atoms with Crippen LogP contribution in [0.5, 0.6) is 0 Å². The highest BCUT2D eigenvalue weighted by Crippen LogP contribution is 2.36. The number of aryl methyl sites for hydroxylation is 1. The maximum absolute atomic E-state index is 12.7. The van der Waals surface area contributed by atoms with Crippen LogP contribution in [0.2, 0.25) is 0 Å². The summed E-state index contributed by atoms with van der Waals surface area (Å²) in [5.41, 5.74) is 1.88. The third kappa shape index (κ3) is 2.92. The van der Waals surface area contributed by atoms with Crippen LogP contribution in [0.4, 0.5) is 0 Å². The highest BCUT2D eigenvalue weighted by atomic mass is 16.7. The highest BCUT2D eigenvalue weighted by molar-refractivity contribution is 6.62. The minimum atomic E-state index is -0.432. The van der Waals surface area contributed by atoms with Gasteiger partial charge in [0.05, 0.1) is 11.2 Å². The molecule has 2 fully saturated rings. The molecule has 0 radical (unpaired) electrons. The summed E-state index contributed by atoms with van der Waals surface area (Å²) in [6, 6.07) is 6.31. The summed E-state index contributed by atoms with van der Waals surface area (Å²) in [7, 11) is 1.46. The summed E-state index contributed by atoms with van der Waals surface area (Å²) in [6.45, 7) is 10.1. The first-order valence-electron chi connectivity index (χ1n) is 8.36. The van der Waals surface area contributed by atoms with Crippen molar-refractivity contribution in [2.45, 2.75) is 64.7 Å². The Bertz CT molecular complexity index is 621. The molecular weight excluding hydrogens is 289 g/mol. The van der Waals surface area contributed by atoms with Gasteiger partial charge in [-0.2, -0.15) is 0 Å². The highest BCUT2D eigenvalue weighted by Gasteiger charge is 2.51. The van der Waals surface area contributed by atoms with Gasteiger partial charge in [0.2, 0.25) is 0 Å². The maximum atomic E-state index is 12.7. The summed E-state index contributed by atoms with van der Waals surface area (Å²) in [5, 5.41) is 0. The summed E-state index contributed by atoms with van der Waals surface area (Å²) < 4.78 is 12.2. The minimum Gasteiger partial charge on any atom is -0.399 e. The van der Waals surface area contributed by atoms with Crippen LogP contribution in [0.25, 0.3) is 0 Å². The Hall–Kier alpha value is -1.33. The van der Waals surface area contributed by atoms with Gasteiger partial charge in [0.25, 0.3) is 5.91 Å². The van der Waals surface area contributed by atoms with Gasteiger partial charge in [-0.15, -0.1) is 0 Å². The number of hydrogen-bond donors (Lipinski definition) is 0. The number of carbonyl (C=O) groups excluding carboxylic acids is 1. The monoisotopic (exact) mass is 315 g/mol. The Kier molecular flexibility index (Phi) is 3.85. The number of hydrogen-bond acceptors (Lipinski definition) is 3. The predicted molar refractivity (Wildman–Crippen MR) is 92.0 cm³/mol. The zero-order valence-corrected chi connectivity index (χ0v) is 15.0. The molecule has 1 aromatic carbocycles. The molecule has 1 saturated heterocycles. The van der Waals surface area contributed by atoms with Crippen molar-refractivity contribution in [3.63, 3.8) is 0 Å². The molecule has 0 unspecified atom stereocenters. The molecule has 0 bridgehead atoms. The SMILES string of the molecule is Cc1ccc(B2OC(C)(C)C(C)(C)O2)cc1C(=O)N(C)C1CC1. The molecule has 3 rings (SSSR count). The second-order valence-electron chi connectivity index (χ2n) is 7.81. The van der Waals surface area contributed by atoms with Gasteiger partial charge in [0.1, 0.15) is 0 Å². The molecule has 0 atom stereocenters. The van der Waals surface area contributed by atoms with Crippen LogP contribution < -0.4 is 5.46 Å². The molecule has 5 heteroatoms. The van der Waals surface area contributed by atoms with Crippen LogP contribution >= 0.6 is 0 Å². The average molecular weight is 315 g/mol. The lowest BCUT2D eigenvalue weighted by atomic mass is 9.77. The van der Waals surface area contributed by atoms with Crippen molar-refractivity contribution in [3.8, 4) is 0 Å². The molecule has 1 aliphatic carbocycles. The number of carbonyl (C=O) groups is 1. The fourth-order valence-electron chi connectivity index (χ4n) is 2.81. The van der Waals surface area contributed by atoms with E-state index in [1.165, 1.54) is 0 Å². The zero-order chi connectivity index (χ0) is 17.0. The molecule has 0 aromatic heterocycles. The van der Waals surface area contributed by atoms with E-state index < -0.39 is 7.12 Å². The second-order valence-corrected chi connectivity index (χ2v) is 7.81. The van der Waals surface area contributed by atoms with Crippen LogP contribution in [-0.2, 0) is 9.31 Å². The van der Waals surface area contributed by atoms with Crippen LogP contribution in [0.1, 0.15) is 56.5 Å². The molecular formula is C18H26BNO3. The molecule has 0 N–H and O–H groups in total. The minimum absolute atomic E-state index is 0.0865. The van der Waals surface area contributed by atoms with Crippen LogP contribution in [0, 0.1) is 6.92 Å². The lowest BCUT2D eigenvalue weighted by Gasteiger charge is -2.32. The Balaban J connectivity index is 1.88. The van der Waals surface area contributed by atoms with E-state index in [0.717, 1.165) is 29.4 Å². The number of rotatable bonds is 3. The van der Waals surface area contributed by atoms with Crippen LogP contribution in [0.3, 0.4) is 0 Å². The van der Waals surface area contributed by atoms with Crippen molar-refractivity contribution in [3.05, 3.63) is 29.3 Å². The van der Waals surface area contributed by atoms with E-state index in [4.69, 9.17) is 9.31 Å². The fourth-order valence-corrected chi connectivity index (χ4v) is 2.81. The van der Waals surface area contributed by atoms with Gasteiger partial charge in [-0.05, 0) is 64.6 Å². The molecule has 4 nitrogen and oxygen atoms in total. The van der Waals surface area contributed by atoms with Crippen molar-refractivity contribution >= 4 is 18.5 Å². The predicted octanol–water partition coefficient (Wildman–Crippen LogP) is 2.53. The molecule has 1 aliphatic heterocycles. The molecule has 124 valence electrons. The molecule has 1 amide bonds. The van der Waals surface area contributed by atoms with E-state index >= 15 is 0 Å². The maximum Gasteiger partial charge on any atom is 0.494 e. The van der Waals surface area contributed by atoms with E-state index in [2.05, 4.69) is 0 Å². The first-order valence-corrected chi connectivity index (χ1v) is 8.36. The molecule has 0 spiro atoms. The van der Waals surface area contributed by atoms with E-state index in [-0.39, 0.29) is 17.1 Å². The lowest BCUT2D eigenvalue weighted by molar-refractivity contribution is 0.00578. The summed E-state index contributed by atoms with van der Waals surface area (Å²) in [6.07, 6.45) is 2.22. The second kappa shape index (κ2) is 5.35. The largest absolute Gasteiger partial charge is 0.494 e. The fraction of sp³-hybridized carbons (Fsp3) is 0.611. The molecule has 1 aromatic rings. The van der Waals surface area contributed by atoms with Gasteiger partial charge in [-0.25, -0.2) is 0 Å². The zero-order valence-electron chi connectivity index (χ0n) is 15.0.